The number of imidazole rings is 1. The molecule has 4 aliphatic rings. The molecular weight excluding hydrogens is 453 g/mol. The van der Waals surface area contributed by atoms with Crippen molar-refractivity contribution in [1.82, 2.24) is 18.9 Å². The van der Waals surface area contributed by atoms with Gasteiger partial charge in [0.25, 0.3) is 11.5 Å². The fourth-order valence-corrected chi connectivity index (χ4v) is 5.33. The number of rotatable bonds is 7. The van der Waals surface area contributed by atoms with Crippen molar-refractivity contribution in [2.75, 3.05) is 11.9 Å². The summed E-state index contributed by atoms with van der Waals surface area (Å²) in [5.41, 5.74) is 0.517. The summed E-state index contributed by atoms with van der Waals surface area (Å²) in [7, 11) is 0. The third kappa shape index (κ3) is 3.62. The lowest BCUT2D eigenvalue weighted by Gasteiger charge is -2.41. The lowest BCUT2D eigenvalue weighted by Crippen LogP contribution is -2.45. The van der Waals surface area contributed by atoms with Crippen molar-refractivity contribution in [3.63, 3.8) is 0 Å². The Hall–Kier alpha value is -3.27. The Morgan fingerprint density at radius 2 is 2.14 bits per heavy atom. The van der Waals surface area contributed by atoms with Crippen molar-refractivity contribution in [3.8, 4) is 5.88 Å². The summed E-state index contributed by atoms with van der Waals surface area (Å²) in [6.45, 7) is 6.61. The molecule has 2 aliphatic carbocycles. The number of ether oxygens (including phenoxy) is 2. The lowest BCUT2D eigenvalue weighted by atomic mass is 9.62. The number of halogens is 1. The van der Waals surface area contributed by atoms with Crippen molar-refractivity contribution >= 4 is 17.4 Å². The molecule has 2 aliphatic heterocycles. The molecule has 4 fully saturated rings. The highest BCUT2D eigenvalue weighted by Crippen LogP contribution is 2.58. The number of alkyl halides is 1. The van der Waals surface area contributed by atoms with E-state index in [2.05, 4.69) is 17.2 Å². The SMILES string of the molecule is CC[C@H](C)Oc1nc2nc(C34COC(C)(C3)C4)cn2cc1C(=O)Nc1cccn([C@@H]2C[C@@H]2F)c1=O. The Balaban J connectivity index is 1.35. The maximum atomic E-state index is 13.5. The van der Waals surface area contributed by atoms with E-state index >= 15 is 0 Å². The summed E-state index contributed by atoms with van der Waals surface area (Å²) in [5.74, 6) is 0.0610. The Morgan fingerprint density at radius 3 is 2.80 bits per heavy atom. The first-order valence-corrected chi connectivity index (χ1v) is 12.1. The maximum Gasteiger partial charge on any atom is 0.274 e. The zero-order valence-electron chi connectivity index (χ0n) is 20.0. The zero-order valence-corrected chi connectivity index (χ0v) is 20.0. The van der Waals surface area contributed by atoms with Crippen LogP contribution in [0.2, 0.25) is 0 Å². The first-order valence-electron chi connectivity index (χ1n) is 12.1. The molecule has 184 valence electrons. The maximum absolute atomic E-state index is 13.5. The van der Waals surface area contributed by atoms with Crippen LogP contribution in [0.1, 0.15) is 68.5 Å². The van der Waals surface area contributed by atoms with E-state index < -0.39 is 23.7 Å². The molecule has 0 unspecified atom stereocenters. The average Bonchev–Trinajstić information content (AvgIpc) is 3.11. The van der Waals surface area contributed by atoms with Crippen molar-refractivity contribution in [2.24, 2.45) is 0 Å². The predicted octanol–water partition coefficient (Wildman–Crippen LogP) is 3.42. The third-order valence-electron chi connectivity index (χ3n) is 7.47. The molecule has 0 aromatic carbocycles. The second-order valence-electron chi connectivity index (χ2n) is 10.4. The van der Waals surface area contributed by atoms with Gasteiger partial charge in [0.05, 0.1) is 30.0 Å². The molecular formula is C25H28FN5O4. The monoisotopic (exact) mass is 481 g/mol. The highest BCUT2D eigenvalue weighted by atomic mass is 19.1. The number of hydrogen-bond acceptors (Lipinski definition) is 6. The van der Waals surface area contributed by atoms with Crippen LogP contribution in [0, 0.1) is 0 Å². The molecule has 2 saturated heterocycles. The molecule has 1 amide bonds. The van der Waals surface area contributed by atoms with E-state index in [0.717, 1.165) is 25.0 Å². The lowest BCUT2D eigenvalue weighted by molar-refractivity contribution is 0.0154. The van der Waals surface area contributed by atoms with E-state index in [4.69, 9.17) is 14.5 Å². The fourth-order valence-electron chi connectivity index (χ4n) is 5.33. The first kappa shape index (κ1) is 22.2. The van der Waals surface area contributed by atoms with Crippen LogP contribution in [0.15, 0.2) is 35.5 Å². The molecule has 1 N–H and O–H groups in total. The second-order valence-corrected chi connectivity index (χ2v) is 10.4. The third-order valence-corrected chi connectivity index (χ3v) is 7.47. The van der Waals surface area contributed by atoms with Crippen LogP contribution < -0.4 is 15.6 Å². The van der Waals surface area contributed by atoms with E-state index in [-0.39, 0.29) is 34.3 Å². The number of anilines is 1. The average molecular weight is 482 g/mol. The van der Waals surface area contributed by atoms with E-state index in [1.54, 1.807) is 16.7 Å². The van der Waals surface area contributed by atoms with E-state index in [1.165, 1.54) is 16.8 Å². The number of amides is 1. The molecule has 0 radical (unpaired) electrons. The van der Waals surface area contributed by atoms with Crippen LogP contribution in [0.25, 0.3) is 5.78 Å². The van der Waals surface area contributed by atoms with Crippen LogP contribution >= 0.6 is 0 Å². The molecule has 10 heteroatoms. The standard InChI is InChI=1S/C25H28FN5O4/c1-4-14(2)35-21-15(20(32)27-17-6-5-7-31(22(17)33)18-8-16(18)26)9-30-10-19(28-23(30)29-21)25-11-24(3,12-25)34-13-25/h5-7,9-10,14,16,18H,4,8,11-13H2,1-3H3,(H,27,32)/t14-,16-,18+,24?,25?/m0/s1. The highest BCUT2D eigenvalue weighted by Gasteiger charge is 2.61. The molecule has 2 bridgehead atoms. The van der Waals surface area contributed by atoms with Crippen molar-refractivity contribution < 1.29 is 18.7 Å². The summed E-state index contributed by atoms with van der Waals surface area (Å²) in [6.07, 6.45) is 6.71. The minimum atomic E-state index is -1.03. The Kier molecular flexibility index (Phi) is 4.83. The van der Waals surface area contributed by atoms with Crippen LogP contribution in [0.3, 0.4) is 0 Å². The summed E-state index contributed by atoms with van der Waals surface area (Å²) < 4.78 is 28.5. The van der Waals surface area contributed by atoms with Crippen molar-refractivity contribution in [2.45, 2.75) is 75.8 Å². The van der Waals surface area contributed by atoms with Crippen LogP contribution in [-0.4, -0.2) is 49.3 Å². The number of hydrogen-bond donors (Lipinski definition) is 1. The first-order chi connectivity index (χ1) is 16.7. The van der Waals surface area contributed by atoms with Gasteiger partial charge in [0.1, 0.15) is 17.4 Å². The number of carbonyl (C=O) groups is 1. The molecule has 0 spiro atoms. The smallest absolute Gasteiger partial charge is 0.274 e. The molecule has 5 heterocycles. The van der Waals surface area contributed by atoms with E-state index in [9.17, 15) is 14.0 Å². The number of aromatic nitrogens is 4. The molecule has 3 atom stereocenters. The van der Waals surface area contributed by atoms with Gasteiger partial charge in [-0.05, 0) is 45.2 Å². The Labute approximate surface area is 201 Å². The molecule has 9 nitrogen and oxygen atoms in total. The second kappa shape index (κ2) is 7.61. The van der Waals surface area contributed by atoms with Gasteiger partial charge in [-0.2, -0.15) is 4.98 Å². The van der Waals surface area contributed by atoms with Gasteiger partial charge < -0.3 is 19.4 Å². The van der Waals surface area contributed by atoms with E-state index in [1.807, 2.05) is 20.0 Å². The van der Waals surface area contributed by atoms with Gasteiger partial charge in [0.2, 0.25) is 11.7 Å². The topological polar surface area (TPSA) is 99.8 Å². The number of nitrogens with zero attached hydrogens (tertiary/aromatic N) is 4. The molecule has 3 aromatic heterocycles. The predicted molar refractivity (Wildman–Crippen MR) is 126 cm³/mol. The van der Waals surface area contributed by atoms with Gasteiger partial charge in [-0.1, -0.05) is 6.92 Å². The normalized spacial score (nSPS) is 29.6. The summed E-state index contributed by atoms with van der Waals surface area (Å²) in [6, 6.07) is 2.66. The molecule has 35 heavy (non-hydrogen) atoms. The number of carbonyl (C=O) groups excluding carboxylic acids is 1. The molecule has 2 saturated carbocycles. The largest absolute Gasteiger partial charge is 0.474 e. The molecule has 7 rings (SSSR count). The van der Waals surface area contributed by atoms with Gasteiger partial charge in [0.15, 0.2) is 0 Å². The van der Waals surface area contributed by atoms with Crippen LogP contribution in [0.5, 0.6) is 5.88 Å². The Morgan fingerprint density at radius 1 is 1.37 bits per heavy atom. The van der Waals surface area contributed by atoms with Crippen molar-refractivity contribution in [1.29, 1.82) is 0 Å². The quantitative estimate of drug-likeness (QED) is 0.555. The minimum absolute atomic E-state index is 0.0771. The minimum Gasteiger partial charge on any atom is -0.474 e. The summed E-state index contributed by atoms with van der Waals surface area (Å²) in [4.78, 5) is 35.4. The summed E-state index contributed by atoms with van der Waals surface area (Å²) >= 11 is 0. The van der Waals surface area contributed by atoms with Crippen LogP contribution in [-0.2, 0) is 10.2 Å². The van der Waals surface area contributed by atoms with Crippen LogP contribution in [0.4, 0.5) is 10.1 Å². The highest BCUT2D eigenvalue weighted by molar-refractivity contribution is 6.05. The van der Waals surface area contributed by atoms with Crippen molar-refractivity contribution in [3.05, 3.63) is 52.3 Å². The fraction of sp³-hybridized carbons (Fsp3) is 0.520. The van der Waals surface area contributed by atoms with E-state index in [0.29, 0.717) is 18.8 Å². The summed E-state index contributed by atoms with van der Waals surface area (Å²) in [5, 5.41) is 2.67. The Bertz CT molecular complexity index is 1390. The number of nitrogens with one attached hydrogen (secondary N) is 1. The van der Waals surface area contributed by atoms with Gasteiger partial charge in [-0.3, -0.25) is 14.0 Å². The molecule has 3 aromatic rings. The number of fused-ring (bicyclic) bond motifs is 2. The zero-order chi connectivity index (χ0) is 24.5. The van der Waals surface area contributed by atoms with Gasteiger partial charge in [-0.25, -0.2) is 9.37 Å². The van der Waals surface area contributed by atoms with Gasteiger partial charge >= 0.3 is 0 Å². The number of pyridine rings is 1. The van der Waals surface area contributed by atoms with Gasteiger partial charge in [0, 0.05) is 30.4 Å². The van der Waals surface area contributed by atoms with Gasteiger partial charge in [-0.15, -0.1) is 0 Å².